The summed E-state index contributed by atoms with van der Waals surface area (Å²) >= 11 is 1.78. The molecule has 2 heteroatoms. The molecule has 0 fully saturated rings. The van der Waals surface area contributed by atoms with Crippen molar-refractivity contribution in [3.05, 3.63) is 77.4 Å². The molecule has 0 amide bonds. The molecule has 2 heterocycles. The maximum atomic E-state index is 5.02. The van der Waals surface area contributed by atoms with Crippen LogP contribution in [0.25, 0.3) is 31.9 Å². The Balaban J connectivity index is 1.73. The van der Waals surface area contributed by atoms with E-state index in [-0.39, 0.29) is 5.41 Å². The molecule has 2 aromatic heterocycles. The molecule has 0 aliphatic carbocycles. The zero-order chi connectivity index (χ0) is 20.8. The lowest BCUT2D eigenvalue weighted by Gasteiger charge is -2.20. The Labute approximate surface area is 178 Å². The van der Waals surface area contributed by atoms with E-state index in [0.717, 1.165) is 10.5 Å². The Kier molecular flexibility index (Phi) is 5.08. The first-order chi connectivity index (χ1) is 13.7. The standard InChI is InChI=1S/C27H29NS/c1-17(2)19-7-9-20(10-8-19)25-16-21-11-12-24(28-26(21)29-25)22-13-18(3)14-23(15-22)27(4,5)6/h7-17H,1-6H3. The second-order valence-corrected chi connectivity index (χ2v) is 10.3. The summed E-state index contributed by atoms with van der Waals surface area (Å²) in [4.78, 5) is 7.40. The smallest absolute Gasteiger partial charge is 0.124 e. The number of hydrogen-bond donors (Lipinski definition) is 0. The van der Waals surface area contributed by atoms with Crippen LogP contribution in [0.1, 0.15) is 57.2 Å². The molecule has 0 bridgehead atoms. The molecule has 0 unspecified atom stereocenters. The van der Waals surface area contributed by atoms with E-state index < -0.39 is 0 Å². The molecule has 29 heavy (non-hydrogen) atoms. The first-order valence-corrected chi connectivity index (χ1v) is 11.2. The van der Waals surface area contributed by atoms with Gasteiger partial charge in [0.05, 0.1) is 5.69 Å². The highest BCUT2D eigenvalue weighted by Gasteiger charge is 2.16. The number of hydrogen-bond acceptors (Lipinski definition) is 2. The first-order valence-electron chi connectivity index (χ1n) is 10.3. The molecule has 4 rings (SSSR count). The zero-order valence-corrected chi connectivity index (χ0v) is 19.0. The first kappa shape index (κ1) is 19.8. The molecule has 0 aliphatic rings. The van der Waals surface area contributed by atoms with Gasteiger partial charge in [-0.05, 0) is 65.3 Å². The van der Waals surface area contributed by atoms with Crippen LogP contribution < -0.4 is 0 Å². The van der Waals surface area contributed by atoms with Crippen molar-refractivity contribution >= 4 is 21.6 Å². The molecule has 148 valence electrons. The average molecular weight is 400 g/mol. The minimum absolute atomic E-state index is 0.128. The maximum absolute atomic E-state index is 5.02. The van der Waals surface area contributed by atoms with Crippen LogP contribution in [0.15, 0.2) is 60.7 Å². The topological polar surface area (TPSA) is 12.9 Å². The van der Waals surface area contributed by atoms with Crippen molar-refractivity contribution < 1.29 is 0 Å². The van der Waals surface area contributed by atoms with Crippen LogP contribution in [0.2, 0.25) is 0 Å². The predicted molar refractivity (Wildman–Crippen MR) is 128 cm³/mol. The van der Waals surface area contributed by atoms with Crippen LogP contribution in [0.5, 0.6) is 0 Å². The predicted octanol–water partition coefficient (Wildman–Crippen LogP) is 8.36. The SMILES string of the molecule is Cc1cc(-c2ccc3cc(-c4ccc(C(C)C)cc4)sc3n2)cc(C(C)(C)C)c1. The van der Waals surface area contributed by atoms with Gasteiger partial charge in [-0.25, -0.2) is 4.98 Å². The molecule has 0 spiro atoms. The second-order valence-electron chi connectivity index (χ2n) is 9.32. The van der Waals surface area contributed by atoms with Gasteiger partial charge in [-0.15, -0.1) is 11.3 Å². The van der Waals surface area contributed by atoms with Crippen LogP contribution in [0.4, 0.5) is 0 Å². The summed E-state index contributed by atoms with van der Waals surface area (Å²) < 4.78 is 0. The molecule has 0 N–H and O–H groups in total. The Hall–Kier alpha value is -2.45. The van der Waals surface area contributed by atoms with Gasteiger partial charge in [0.1, 0.15) is 4.83 Å². The molecule has 0 saturated heterocycles. The van der Waals surface area contributed by atoms with E-state index in [1.807, 2.05) is 0 Å². The average Bonchev–Trinajstić information content (AvgIpc) is 3.10. The number of aryl methyl sites for hydroxylation is 1. The number of benzene rings is 2. The molecule has 4 aromatic rings. The van der Waals surface area contributed by atoms with Gasteiger partial charge in [-0.1, -0.05) is 70.5 Å². The van der Waals surface area contributed by atoms with E-state index in [1.165, 1.54) is 38.1 Å². The minimum atomic E-state index is 0.128. The van der Waals surface area contributed by atoms with Crippen molar-refractivity contribution in [3.8, 4) is 21.7 Å². The number of fused-ring (bicyclic) bond motifs is 1. The second kappa shape index (κ2) is 7.42. The van der Waals surface area contributed by atoms with Crippen molar-refractivity contribution in [3.63, 3.8) is 0 Å². The van der Waals surface area contributed by atoms with Crippen LogP contribution in [0, 0.1) is 6.92 Å². The van der Waals surface area contributed by atoms with Gasteiger partial charge < -0.3 is 0 Å². The van der Waals surface area contributed by atoms with Crippen molar-refractivity contribution in [1.82, 2.24) is 4.98 Å². The quantitative estimate of drug-likeness (QED) is 0.337. The number of thiophene rings is 1. The maximum Gasteiger partial charge on any atom is 0.124 e. The van der Waals surface area contributed by atoms with Gasteiger partial charge in [0.2, 0.25) is 0 Å². The minimum Gasteiger partial charge on any atom is -0.237 e. The molecule has 0 saturated carbocycles. The summed E-state index contributed by atoms with van der Waals surface area (Å²) in [6.07, 6.45) is 0. The van der Waals surface area contributed by atoms with E-state index in [1.54, 1.807) is 11.3 Å². The number of aromatic nitrogens is 1. The van der Waals surface area contributed by atoms with E-state index >= 15 is 0 Å². The third-order valence-corrected chi connectivity index (χ3v) is 6.58. The molecular formula is C27H29NS. The highest BCUT2D eigenvalue weighted by Crippen LogP contribution is 2.35. The number of pyridine rings is 1. The number of nitrogens with zero attached hydrogens (tertiary/aromatic N) is 1. The Morgan fingerprint density at radius 1 is 0.828 bits per heavy atom. The molecule has 0 atom stereocenters. The van der Waals surface area contributed by atoms with Crippen LogP contribution in [-0.4, -0.2) is 4.98 Å². The Morgan fingerprint density at radius 3 is 2.21 bits per heavy atom. The third-order valence-electron chi connectivity index (χ3n) is 5.48. The molecule has 1 nitrogen and oxygen atoms in total. The number of rotatable bonds is 3. The summed E-state index contributed by atoms with van der Waals surface area (Å²) in [6.45, 7) is 13.4. The van der Waals surface area contributed by atoms with Crippen LogP contribution in [-0.2, 0) is 5.41 Å². The van der Waals surface area contributed by atoms with Gasteiger partial charge >= 0.3 is 0 Å². The van der Waals surface area contributed by atoms with Gasteiger partial charge in [0.15, 0.2) is 0 Å². The Morgan fingerprint density at radius 2 is 1.55 bits per heavy atom. The highest BCUT2D eigenvalue weighted by molar-refractivity contribution is 7.21. The fourth-order valence-electron chi connectivity index (χ4n) is 3.62. The van der Waals surface area contributed by atoms with E-state index in [2.05, 4.69) is 102 Å². The van der Waals surface area contributed by atoms with Gasteiger partial charge in [-0.2, -0.15) is 0 Å². The normalized spacial score (nSPS) is 12.1. The lowest BCUT2D eigenvalue weighted by atomic mass is 9.85. The molecule has 0 aliphatic heterocycles. The van der Waals surface area contributed by atoms with Gasteiger partial charge in [0, 0.05) is 15.8 Å². The Bertz CT molecular complexity index is 1160. The lowest BCUT2D eigenvalue weighted by Crippen LogP contribution is -2.11. The largest absolute Gasteiger partial charge is 0.237 e. The fraction of sp³-hybridized carbons (Fsp3) is 0.296. The van der Waals surface area contributed by atoms with Gasteiger partial charge in [-0.3, -0.25) is 0 Å². The highest BCUT2D eigenvalue weighted by atomic mass is 32.1. The molecule has 0 radical (unpaired) electrons. The summed E-state index contributed by atoms with van der Waals surface area (Å²) in [5, 5.41) is 1.21. The van der Waals surface area contributed by atoms with E-state index in [4.69, 9.17) is 4.98 Å². The van der Waals surface area contributed by atoms with Crippen molar-refractivity contribution in [2.75, 3.05) is 0 Å². The van der Waals surface area contributed by atoms with Crippen LogP contribution >= 0.6 is 11.3 Å². The zero-order valence-electron chi connectivity index (χ0n) is 18.2. The molecule has 2 aromatic carbocycles. The van der Waals surface area contributed by atoms with E-state index in [9.17, 15) is 0 Å². The summed E-state index contributed by atoms with van der Waals surface area (Å²) in [6, 6.07) is 22.4. The lowest BCUT2D eigenvalue weighted by molar-refractivity contribution is 0.590. The summed E-state index contributed by atoms with van der Waals surface area (Å²) in [5.74, 6) is 0.558. The van der Waals surface area contributed by atoms with Crippen LogP contribution in [0.3, 0.4) is 0 Å². The van der Waals surface area contributed by atoms with Gasteiger partial charge in [0.25, 0.3) is 0 Å². The summed E-state index contributed by atoms with van der Waals surface area (Å²) in [5.41, 5.74) is 7.67. The van der Waals surface area contributed by atoms with Crippen molar-refractivity contribution in [2.45, 2.75) is 52.9 Å². The summed E-state index contributed by atoms with van der Waals surface area (Å²) in [7, 11) is 0. The molecular weight excluding hydrogens is 370 g/mol. The fourth-order valence-corrected chi connectivity index (χ4v) is 4.65. The van der Waals surface area contributed by atoms with Crippen molar-refractivity contribution in [2.24, 2.45) is 0 Å². The monoisotopic (exact) mass is 399 g/mol. The van der Waals surface area contributed by atoms with E-state index in [0.29, 0.717) is 5.92 Å². The third kappa shape index (κ3) is 4.13. The van der Waals surface area contributed by atoms with Crippen molar-refractivity contribution in [1.29, 1.82) is 0 Å².